The van der Waals surface area contributed by atoms with Gasteiger partial charge in [-0.1, -0.05) is 60.2 Å². The molecular weight excluding hydrogens is 550 g/mol. The van der Waals surface area contributed by atoms with Crippen LogP contribution in [0.25, 0.3) is 0 Å². The van der Waals surface area contributed by atoms with Crippen molar-refractivity contribution in [1.29, 1.82) is 0 Å². The van der Waals surface area contributed by atoms with Gasteiger partial charge in [0.05, 0.1) is 10.6 Å². The van der Waals surface area contributed by atoms with Crippen LogP contribution in [0, 0.1) is 13.8 Å². The van der Waals surface area contributed by atoms with Gasteiger partial charge in [0.2, 0.25) is 11.8 Å². The normalized spacial score (nSPS) is 11.8. The lowest BCUT2D eigenvalue weighted by molar-refractivity contribution is -0.139. The van der Waals surface area contributed by atoms with Gasteiger partial charge in [0, 0.05) is 13.6 Å². The van der Waals surface area contributed by atoms with Crippen LogP contribution in [-0.4, -0.2) is 44.8 Å². The van der Waals surface area contributed by atoms with E-state index in [9.17, 15) is 18.0 Å². The topological polar surface area (TPSA) is 96.0 Å². The molecule has 0 aliphatic heterocycles. The molecule has 1 unspecified atom stereocenters. The summed E-state index contributed by atoms with van der Waals surface area (Å²) in [5, 5.41) is 2.59. The molecule has 4 rings (SSSR count). The fraction of sp³-hybridized carbons (Fsp3) is 0.212. The van der Waals surface area contributed by atoms with E-state index >= 15 is 0 Å². The first-order valence-electron chi connectivity index (χ1n) is 13.6. The Balaban J connectivity index is 1.71. The van der Waals surface area contributed by atoms with Crippen molar-refractivity contribution >= 4 is 27.5 Å². The molecule has 0 aromatic heterocycles. The van der Waals surface area contributed by atoms with Crippen molar-refractivity contribution in [3.05, 3.63) is 120 Å². The number of likely N-dealkylation sites (N-methyl/N-ethyl adjacent to an activating group) is 1. The zero-order valence-electron chi connectivity index (χ0n) is 24.2. The molecule has 9 heteroatoms. The average Bonchev–Trinajstić information content (AvgIpc) is 2.99. The van der Waals surface area contributed by atoms with E-state index in [1.54, 1.807) is 43.3 Å². The van der Waals surface area contributed by atoms with E-state index in [1.165, 1.54) is 24.1 Å². The molecule has 2 amide bonds. The number of nitrogens with zero attached hydrogens (tertiary/aromatic N) is 2. The summed E-state index contributed by atoms with van der Waals surface area (Å²) in [5.74, 6) is 0.278. The molecule has 0 aliphatic rings. The van der Waals surface area contributed by atoms with Crippen molar-refractivity contribution in [2.24, 2.45) is 0 Å². The Kier molecular flexibility index (Phi) is 9.64. The fourth-order valence-corrected chi connectivity index (χ4v) is 5.85. The molecule has 4 aromatic carbocycles. The molecule has 1 atom stereocenters. The number of hydrogen-bond donors (Lipinski definition) is 1. The van der Waals surface area contributed by atoms with Gasteiger partial charge in [-0.15, -0.1) is 0 Å². The van der Waals surface area contributed by atoms with Crippen molar-refractivity contribution in [3.8, 4) is 11.5 Å². The number of para-hydroxylation sites is 1. The third-order valence-corrected chi connectivity index (χ3v) is 8.80. The second-order valence-electron chi connectivity index (χ2n) is 9.97. The number of ether oxygens (including phenoxy) is 1. The first-order valence-corrected chi connectivity index (χ1v) is 15.0. The van der Waals surface area contributed by atoms with Gasteiger partial charge in [0.25, 0.3) is 10.0 Å². The van der Waals surface area contributed by atoms with Crippen LogP contribution in [0.15, 0.2) is 108 Å². The zero-order chi connectivity index (χ0) is 30.3. The number of sulfonamides is 1. The highest BCUT2D eigenvalue weighted by Crippen LogP contribution is 2.29. The third kappa shape index (κ3) is 7.16. The molecule has 1 N–H and O–H groups in total. The van der Waals surface area contributed by atoms with Gasteiger partial charge in [-0.2, -0.15) is 0 Å². The summed E-state index contributed by atoms with van der Waals surface area (Å²) in [6, 6.07) is 28.9. The molecule has 0 spiro atoms. The van der Waals surface area contributed by atoms with Crippen LogP contribution in [0.1, 0.15) is 23.6 Å². The van der Waals surface area contributed by atoms with E-state index in [1.807, 2.05) is 68.4 Å². The van der Waals surface area contributed by atoms with E-state index < -0.39 is 28.5 Å². The summed E-state index contributed by atoms with van der Waals surface area (Å²) in [5.41, 5.74) is 3.00. The minimum Gasteiger partial charge on any atom is -0.457 e. The minimum absolute atomic E-state index is 0.0512. The molecule has 0 aliphatic carbocycles. The van der Waals surface area contributed by atoms with E-state index in [0.29, 0.717) is 11.5 Å². The summed E-state index contributed by atoms with van der Waals surface area (Å²) in [4.78, 5) is 28.1. The maximum Gasteiger partial charge on any atom is 0.264 e. The Labute approximate surface area is 247 Å². The molecule has 4 aromatic rings. The van der Waals surface area contributed by atoms with Gasteiger partial charge in [-0.3, -0.25) is 13.9 Å². The molecule has 0 radical (unpaired) electrons. The van der Waals surface area contributed by atoms with Gasteiger partial charge in [-0.25, -0.2) is 8.42 Å². The fourth-order valence-electron chi connectivity index (χ4n) is 4.43. The van der Waals surface area contributed by atoms with Crippen molar-refractivity contribution in [1.82, 2.24) is 10.2 Å². The molecule has 0 fully saturated rings. The number of anilines is 1. The van der Waals surface area contributed by atoms with Crippen LogP contribution >= 0.6 is 0 Å². The lowest BCUT2D eigenvalue weighted by Crippen LogP contribution is -2.50. The number of aryl methyl sites for hydroxylation is 2. The standard InChI is InChI=1S/C33H35N3O5S/c1-24-14-20-31(21-15-24)42(39,40)36(28-16-18-30(19-17-28)41-29-12-6-5-7-13-29)23-32(37)35(26(3)33(38)34-4)22-27-11-9-8-10-25(27)2/h5-21,26H,22-23H2,1-4H3,(H,34,38). The van der Waals surface area contributed by atoms with Crippen LogP contribution in [0.3, 0.4) is 0 Å². The summed E-state index contributed by atoms with van der Waals surface area (Å²) >= 11 is 0. The highest BCUT2D eigenvalue weighted by Gasteiger charge is 2.32. The van der Waals surface area contributed by atoms with Gasteiger partial charge in [0.15, 0.2) is 0 Å². The van der Waals surface area contributed by atoms with E-state index in [0.717, 1.165) is 21.0 Å². The van der Waals surface area contributed by atoms with Crippen LogP contribution < -0.4 is 14.4 Å². The predicted molar refractivity (Wildman–Crippen MR) is 164 cm³/mol. The van der Waals surface area contributed by atoms with Gasteiger partial charge in [0.1, 0.15) is 24.1 Å². The van der Waals surface area contributed by atoms with Crippen LogP contribution in [-0.2, 0) is 26.2 Å². The number of amides is 2. The van der Waals surface area contributed by atoms with Crippen LogP contribution in [0.4, 0.5) is 5.69 Å². The third-order valence-electron chi connectivity index (χ3n) is 7.01. The van der Waals surface area contributed by atoms with Gasteiger partial charge < -0.3 is 15.0 Å². The van der Waals surface area contributed by atoms with E-state index in [2.05, 4.69) is 5.32 Å². The van der Waals surface area contributed by atoms with Crippen molar-refractivity contribution in [2.45, 2.75) is 38.3 Å². The molecule has 8 nitrogen and oxygen atoms in total. The summed E-state index contributed by atoms with van der Waals surface area (Å²) in [7, 11) is -2.66. The highest BCUT2D eigenvalue weighted by atomic mass is 32.2. The SMILES string of the molecule is CNC(=O)C(C)N(Cc1ccccc1C)C(=O)CN(c1ccc(Oc2ccccc2)cc1)S(=O)(=O)c1ccc(C)cc1. The molecule has 0 saturated carbocycles. The number of carbonyl (C=O) groups excluding carboxylic acids is 2. The molecular formula is C33H35N3O5S. The maximum atomic E-state index is 14.0. The minimum atomic E-state index is -4.16. The second kappa shape index (κ2) is 13.4. The monoisotopic (exact) mass is 585 g/mol. The van der Waals surface area contributed by atoms with Gasteiger partial charge >= 0.3 is 0 Å². The Bertz CT molecular complexity index is 1620. The van der Waals surface area contributed by atoms with E-state index in [4.69, 9.17) is 4.74 Å². The number of rotatable bonds is 11. The largest absolute Gasteiger partial charge is 0.457 e. The first kappa shape index (κ1) is 30.3. The molecule has 42 heavy (non-hydrogen) atoms. The Morgan fingerprint density at radius 1 is 0.810 bits per heavy atom. The predicted octanol–water partition coefficient (Wildman–Crippen LogP) is 5.45. The Morgan fingerprint density at radius 3 is 2.02 bits per heavy atom. The number of hydrogen-bond acceptors (Lipinski definition) is 5. The summed E-state index contributed by atoms with van der Waals surface area (Å²) in [6.45, 7) is 5.05. The summed E-state index contributed by atoms with van der Waals surface area (Å²) in [6.07, 6.45) is 0. The zero-order valence-corrected chi connectivity index (χ0v) is 25.0. The Morgan fingerprint density at radius 2 is 1.40 bits per heavy atom. The number of nitrogens with one attached hydrogen (secondary N) is 1. The molecule has 218 valence electrons. The van der Waals surface area contributed by atoms with Crippen molar-refractivity contribution in [2.75, 3.05) is 17.9 Å². The van der Waals surface area contributed by atoms with E-state index in [-0.39, 0.29) is 23.0 Å². The first-order chi connectivity index (χ1) is 20.1. The quantitative estimate of drug-likeness (QED) is 0.252. The lowest BCUT2D eigenvalue weighted by atomic mass is 10.1. The van der Waals surface area contributed by atoms with Crippen LogP contribution in [0.5, 0.6) is 11.5 Å². The maximum absolute atomic E-state index is 14.0. The summed E-state index contributed by atoms with van der Waals surface area (Å²) < 4.78 is 34.9. The van der Waals surface area contributed by atoms with Crippen molar-refractivity contribution < 1.29 is 22.7 Å². The highest BCUT2D eigenvalue weighted by molar-refractivity contribution is 7.92. The average molecular weight is 586 g/mol. The lowest BCUT2D eigenvalue weighted by Gasteiger charge is -2.32. The number of benzene rings is 4. The molecule has 0 heterocycles. The second-order valence-corrected chi connectivity index (χ2v) is 11.8. The Hall–Kier alpha value is -4.63. The number of carbonyl (C=O) groups is 2. The van der Waals surface area contributed by atoms with Crippen molar-refractivity contribution in [3.63, 3.8) is 0 Å². The smallest absolute Gasteiger partial charge is 0.264 e. The van der Waals surface area contributed by atoms with Gasteiger partial charge in [-0.05, 0) is 80.4 Å². The molecule has 0 bridgehead atoms. The van der Waals surface area contributed by atoms with Crippen LogP contribution in [0.2, 0.25) is 0 Å². The molecule has 0 saturated heterocycles.